The number of nitrogens with one attached hydrogen (secondary N) is 1. The van der Waals surface area contributed by atoms with Crippen LogP contribution in [0.3, 0.4) is 0 Å². The first-order chi connectivity index (χ1) is 14.0. The summed E-state index contributed by atoms with van der Waals surface area (Å²) in [6.07, 6.45) is 0.207. The molecule has 0 radical (unpaired) electrons. The van der Waals surface area contributed by atoms with E-state index < -0.39 is 11.9 Å². The first kappa shape index (κ1) is 20.9. The SMILES string of the molecule is CCc1cccc(C)c1NC(=O)CSc1nnc([C@@H](C)Oc2ccccc2F)o1. The number of ether oxygens (including phenoxy) is 1. The number of hydrogen-bond donors (Lipinski definition) is 1. The molecule has 0 spiro atoms. The fraction of sp³-hybridized carbons (Fsp3) is 0.286. The van der Waals surface area contributed by atoms with Crippen LogP contribution < -0.4 is 10.1 Å². The number of amides is 1. The van der Waals surface area contributed by atoms with Gasteiger partial charge in [0.2, 0.25) is 5.91 Å². The summed E-state index contributed by atoms with van der Waals surface area (Å²) in [6.45, 7) is 5.69. The number of aryl methyl sites for hydroxylation is 2. The number of hydrogen-bond acceptors (Lipinski definition) is 6. The Bertz CT molecular complexity index is 993. The summed E-state index contributed by atoms with van der Waals surface area (Å²) in [4.78, 5) is 12.3. The molecule has 0 aliphatic carbocycles. The number of halogens is 1. The molecule has 0 fully saturated rings. The van der Waals surface area contributed by atoms with E-state index in [-0.39, 0.29) is 28.5 Å². The number of anilines is 1. The number of thioether (sulfide) groups is 1. The van der Waals surface area contributed by atoms with Gasteiger partial charge in [-0.05, 0) is 43.5 Å². The van der Waals surface area contributed by atoms with Gasteiger partial charge in [0.05, 0.1) is 5.75 Å². The van der Waals surface area contributed by atoms with Crippen LogP contribution in [0.2, 0.25) is 0 Å². The topological polar surface area (TPSA) is 77.2 Å². The highest BCUT2D eigenvalue weighted by Crippen LogP contribution is 2.26. The molecule has 0 aliphatic heterocycles. The summed E-state index contributed by atoms with van der Waals surface area (Å²) >= 11 is 1.13. The van der Waals surface area contributed by atoms with Crippen LogP contribution in [0.4, 0.5) is 10.1 Å². The summed E-state index contributed by atoms with van der Waals surface area (Å²) in [5.74, 6) is -0.177. The van der Waals surface area contributed by atoms with Crippen molar-refractivity contribution < 1.29 is 18.3 Å². The van der Waals surface area contributed by atoms with E-state index >= 15 is 0 Å². The number of nitrogens with zero attached hydrogens (tertiary/aromatic N) is 2. The molecule has 0 saturated carbocycles. The Morgan fingerprint density at radius 1 is 1.24 bits per heavy atom. The van der Waals surface area contributed by atoms with Crippen molar-refractivity contribution >= 4 is 23.4 Å². The zero-order valence-electron chi connectivity index (χ0n) is 16.4. The molecule has 2 aromatic carbocycles. The molecule has 0 saturated heterocycles. The van der Waals surface area contributed by atoms with Crippen molar-refractivity contribution in [2.45, 2.75) is 38.5 Å². The zero-order valence-corrected chi connectivity index (χ0v) is 17.3. The van der Waals surface area contributed by atoms with Crippen molar-refractivity contribution in [1.82, 2.24) is 10.2 Å². The summed E-state index contributed by atoms with van der Waals surface area (Å²) in [5, 5.41) is 11.1. The highest BCUT2D eigenvalue weighted by Gasteiger charge is 2.18. The fourth-order valence-corrected chi connectivity index (χ4v) is 3.30. The van der Waals surface area contributed by atoms with E-state index in [4.69, 9.17) is 9.15 Å². The Balaban J connectivity index is 1.56. The highest BCUT2D eigenvalue weighted by molar-refractivity contribution is 7.99. The molecule has 0 aliphatic rings. The average Bonchev–Trinajstić information content (AvgIpc) is 3.19. The predicted octanol–water partition coefficient (Wildman–Crippen LogP) is 4.95. The van der Waals surface area contributed by atoms with Crippen molar-refractivity contribution in [2.24, 2.45) is 0 Å². The van der Waals surface area contributed by atoms with Gasteiger partial charge in [-0.2, -0.15) is 0 Å². The number of para-hydroxylation sites is 2. The van der Waals surface area contributed by atoms with Gasteiger partial charge in [0.1, 0.15) is 0 Å². The molecule has 1 N–H and O–H groups in total. The summed E-state index contributed by atoms with van der Waals surface area (Å²) in [5.41, 5.74) is 2.95. The number of carbonyl (C=O) groups excluding carboxylic acids is 1. The van der Waals surface area contributed by atoms with Crippen molar-refractivity contribution in [1.29, 1.82) is 0 Å². The standard InChI is InChI=1S/C21H22FN3O3S/c1-4-15-9-7-8-13(2)19(15)23-18(26)12-29-21-25-24-20(28-21)14(3)27-17-11-6-5-10-16(17)22/h5-11,14H,4,12H2,1-3H3,(H,23,26)/t14-/m1/s1. The van der Waals surface area contributed by atoms with Gasteiger partial charge in [0.25, 0.3) is 11.1 Å². The molecule has 152 valence electrons. The van der Waals surface area contributed by atoms with Crippen LogP contribution in [0.15, 0.2) is 52.1 Å². The molecule has 1 amide bonds. The minimum atomic E-state index is -0.623. The first-order valence-electron chi connectivity index (χ1n) is 9.23. The summed E-state index contributed by atoms with van der Waals surface area (Å²) in [6, 6.07) is 12.0. The Labute approximate surface area is 172 Å². The lowest BCUT2D eigenvalue weighted by molar-refractivity contribution is -0.113. The monoisotopic (exact) mass is 415 g/mol. The third-order valence-corrected chi connectivity index (χ3v) is 5.06. The van der Waals surface area contributed by atoms with Crippen LogP contribution in [-0.4, -0.2) is 21.9 Å². The fourth-order valence-electron chi connectivity index (χ4n) is 2.73. The van der Waals surface area contributed by atoms with Gasteiger partial charge in [0, 0.05) is 5.69 Å². The van der Waals surface area contributed by atoms with Gasteiger partial charge in [-0.3, -0.25) is 4.79 Å². The number of carbonyl (C=O) groups is 1. The molecule has 29 heavy (non-hydrogen) atoms. The molecule has 6 nitrogen and oxygen atoms in total. The van der Waals surface area contributed by atoms with E-state index in [1.807, 2.05) is 32.0 Å². The normalized spacial score (nSPS) is 11.9. The van der Waals surface area contributed by atoms with Crippen LogP contribution in [0.25, 0.3) is 0 Å². The van der Waals surface area contributed by atoms with Crippen molar-refractivity contribution in [3.8, 4) is 5.75 Å². The largest absolute Gasteiger partial charge is 0.478 e. The van der Waals surface area contributed by atoms with Crippen molar-refractivity contribution in [2.75, 3.05) is 11.1 Å². The lowest BCUT2D eigenvalue weighted by Gasteiger charge is -2.12. The molecule has 0 bridgehead atoms. The molecular formula is C21H22FN3O3S. The second-order valence-corrected chi connectivity index (χ2v) is 7.32. The highest BCUT2D eigenvalue weighted by atomic mass is 32.2. The maximum absolute atomic E-state index is 13.7. The lowest BCUT2D eigenvalue weighted by Crippen LogP contribution is -2.16. The van der Waals surface area contributed by atoms with Gasteiger partial charge < -0.3 is 14.5 Å². The second kappa shape index (κ2) is 9.56. The maximum Gasteiger partial charge on any atom is 0.277 e. The van der Waals surface area contributed by atoms with Crippen LogP contribution >= 0.6 is 11.8 Å². The molecule has 1 atom stereocenters. The van der Waals surface area contributed by atoms with Gasteiger partial charge in [-0.15, -0.1) is 10.2 Å². The van der Waals surface area contributed by atoms with Gasteiger partial charge in [-0.1, -0.05) is 49.0 Å². The predicted molar refractivity (Wildman–Crippen MR) is 110 cm³/mol. The van der Waals surface area contributed by atoms with Gasteiger partial charge in [-0.25, -0.2) is 4.39 Å². The van der Waals surface area contributed by atoms with E-state index in [0.29, 0.717) is 0 Å². The smallest absolute Gasteiger partial charge is 0.277 e. The summed E-state index contributed by atoms with van der Waals surface area (Å²) in [7, 11) is 0. The zero-order chi connectivity index (χ0) is 20.8. The van der Waals surface area contributed by atoms with E-state index in [0.717, 1.165) is 35.0 Å². The Morgan fingerprint density at radius 3 is 2.79 bits per heavy atom. The third kappa shape index (κ3) is 5.35. The van der Waals surface area contributed by atoms with Crippen LogP contribution in [0.5, 0.6) is 5.75 Å². The van der Waals surface area contributed by atoms with Crippen molar-refractivity contribution in [3.63, 3.8) is 0 Å². The van der Waals surface area contributed by atoms with Crippen LogP contribution in [0, 0.1) is 12.7 Å². The van der Waals surface area contributed by atoms with E-state index in [1.54, 1.807) is 19.1 Å². The maximum atomic E-state index is 13.7. The minimum absolute atomic E-state index is 0.108. The van der Waals surface area contributed by atoms with E-state index in [9.17, 15) is 9.18 Å². The molecule has 1 aromatic heterocycles. The molecule has 1 heterocycles. The van der Waals surface area contributed by atoms with Crippen molar-refractivity contribution in [3.05, 3.63) is 65.3 Å². The Hall–Kier alpha value is -2.87. The van der Waals surface area contributed by atoms with Crippen LogP contribution in [0.1, 0.15) is 37.0 Å². The van der Waals surface area contributed by atoms with Gasteiger partial charge >= 0.3 is 0 Å². The van der Waals surface area contributed by atoms with E-state index in [1.165, 1.54) is 12.1 Å². The average molecular weight is 415 g/mol. The number of benzene rings is 2. The number of rotatable bonds is 8. The Morgan fingerprint density at radius 2 is 2.03 bits per heavy atom. The third-order valence-electron chi connectivity index (χ3n) is 4.24. The number of aromatic nitrogens is 2. The molecule has 8 heteroatoms. The Kier molecular flexibility index (Phi) is 6.87. The minimum Gasteiger partial charge on any atom is -0.478 e. The van der Waals surface area contributed by atoms with E-state index in [2.05, 4.69) is 15.5 Å². The molecule has 3 aromatic rings. The lowest BCUT2D eigenvalue weighted by atomic mass is 10.1. The summed E-state index contributed by atoms with van der Waals surface area (Å²) < 4.78 is 24.8. The quantitative estimate of drug-likeness (QED) is 0.525. The van der Waals surface area contributed by atoms with Gasteiger partial charge in [0.15, 0.2) is 17.7 Å². The molecular weight excluding hydrogens is 393 g/mol. The first-order valence-corrected chi connectivity index (χ1v) is 10.2. The molecule has 3 rings (SSSR count). The second-order valence-electron chi connectivity index (χ2n) is 6.40. The van der Waals surface area contributed by atoms with Crippen LogP contribution in [-0.2, 0) is 11.2 Å². The molecule has 0 unspecified atom stereocenters.